The zero-order valence-electron chi connectivity index (χ0n) is 10.6. The van der Waals surface area contributed by atoms with Gasteiger partial charge in [-0.2, -0.15) is 0 Å². The van der Waals surface area contributed by atoms with Gasteiger partial charge in [0.05, 0.1) is 6.10 Å². The zero-order valence-corrected chi connectivity index (χ0v) is 10.6. The van der Waals surface area contributed by atoms with Crippen molar-refractivity contribution in [2.75, 3.05) is 0 Å². The van der Waals surface area contributed by atoms with Crippen LogP contribution >= 0.6 is 0 Å². The molecule has 0 bridgehead atoms. The number of hydrogen-bond donors (Lipinski definition) is 2. The molecule has 0 heterocycles. The molecule has 0 spiro atoms. The van der Waals surface area contributed by atoms with E-state index in [1.165, 1.54) is 4.90 Å². The first kappa shape index (κ1) is 13.3. The first-order valence-electron chi connectivity index (χ1n) is 5.94. The number of aliphatic hydroxyl groups is 1. The van der Waals surface area contributed by atoms with E-state index in [4.69, 9.17) is 0 Å². The number of aliphatic hydroxyl groups excluding tert-OH is 1. The molecule has 4 heteroatoms. The molecule has 1 fully saturated rings. The van der Waals surface area contributed by atoms with Gasteiger partial charge in [-0.05, 0) is 46.0 Å². The highest BCUT2D eigenvalue weighted by molar-refractivity contribution is 5.66. The maximum absolute atomic E-state index is 11.3. The number of carboxylic acid groups (broad SMARTS) is 1. The predicted octanol–water partition coefficient (Wildman–Crippen LogP) is 2.31. The summed E-state index contributed by atoms with van der Waals surface area (Å²) in [5.41, 5.74) is -0.406. The van der Waals surface area contributed by atoms with Crippen LogP contribution in [-0.4, -0.2) is 38.9 Å². The third kappa shape index (κ3) is 2.88. The zero-order chi connectivity index (χ0) is 12.5. The van der Waals surface area contributed by atoms with E-state index in [2.05, 4.69) is 0 Å². The molecule has 3 atom stereocenters. The molecule has 0 aromatic heterocycles. The van der Waals surface area contributed by atoms with Gasteiger partial charge in [0.1, 0.15) is 0 Å². The Bertz CT molecular complexity index is 259. The Morgan fingerprint density at radius 1 is 1.31 bits per heavy atom. The lowest BCUT2D eigenvalue weighted by atomic mass is 9.83. The monoisotopic (exact) mass is 229 g/mol. The minimum absolute atomic E-state index is 0.0521. The molecule has 4 nitrogen and oxygen atoms in total. The fourth-order valence-electron chi connectivity index (χ4n) is 2.50. The van der Waals surface area contributed by atoms with Crippen LogP contribution in [0.5, 0.6) is 0 Å². The first-order valence-corrected chi connectivity index (χ1v) is 5.94. The Balaban J connectivity index is 2.78. The quantitative estimate of drug-likeness (QED) is 0.725. The van der Waals surface area contributed by atoms with Crippen LogP contribution in [0.3, 0.4) is 0 Å². The van der Waals surface area contributed by atoms with E-state index in [9.17, 15) is 15.0 Å². The molecule has 0 radical (unpaired) electrons. The van der Waals surface area contributed by atoms with Crippen LogP contribution in [0, 0.1) is 5.92 Å². The van der Waals surface area contributed by atoms with Crippen molar-refractivity contribution in [3.63, 3.8) is 0 Å². The highest BCUT2D eigenvalue weighted by Crippen LogP contribution is 2.31. The fraction of sp³-hybridized carbons (Fsp3) is 0.917. The molecule has 0 aliphatic heterocycles. The summed E-state index contributed by atoms with van der Waals surface area (Å²) in [5, 5.41) is 19.1. The van der Waals surface area contributed by atoms with Crippen LogP contribution in [0.4, 0.5) is 4.79 Å². The minimum Gasteiger partial charge on any atom is -0.465 e. The third-order valence-corrected chi connectivity index (χ3v) is 3.42. The van der Waals surface area contributed by atoms with Crippen LogP contribution in [0.2, 0.25) is 0 Å². The average molecular weight is 229 g/mol. The maximum atomic E-state index is 11.3. The summed E-state index contributed by atoms with van der Waals surface area (Å²) in [4.78, 5) is 12.8. The van der Waals surface area contributed by atoms with Crippen molar-refractivity contribution in [2.24, 2.45) is 5.92 Å². The van der Waals surface area contributed by atoms with Crippen molar-refractivity contribution in [2.45, 2.75) is 64.6 Å². The normalized spacial score (nSPS) is 31.2. The van der Waals surface area contributed by atoms with Crippen molar-refractivity contribution in [3.05, 3.63) is 0 Å². The summed E-state index contributed by atoms with van der Waals surface area (Å²) in [6.07, 6.45) is 1.04. The van der Waals surface area contributed by atoms with E-state index in [1.807, 2.05) is 27.7 Å². The molecule has 1 aliphatic rings. The number of nitrogens with zero attached hydrogens (tertiary/aromatic N) is 1. The van der Waals surface area contributed by atoms with Gasteiger partial charge in [-0.25, -0.2) is 4.79 Å². The molecule has 0 aromatic carbocycles. The van der Waals surface area contributed by atoms with Crippen LogP contribution in [0.15, 0.2) is 0 Å². The van der Waals surface area contributed by atoms with E-state index in [0.29, 0.717) is 6.42 Å². The maximum Gasteiger partial charge on any atom is 0.407 e. The van der Waals surface area contributed by atoms with Crippen molar-refractivity contribution in [1.82, 2.24) is 4.90 Å². The van der Waals surface area contributed by atoms with Gasteiger partial charge in [-0.15, -0.1) is 0 Å². The molecule has 2 N–H and O–H groups in total. The third-order valence-electron chi connectivity index (χ3n) is 3.42. The Morgan fingerprint density at radius 3 is 2.25 bits per heavy atom. The summed E-state index contributed by atoms with van der Waals surface area (Å²) in [5.74, 6) is 0.284. The molecule has 1 unspecified atom stereocenters. The van der Waals surface area contributed by atoms with E-state index in [0.717, 1.165) is 12.8 Å². The Hall–Kier alpha value is -0.770. The second-order valence-electron chi connectivity index (χ2n) is 5.83. The summed E-state index contributed by atoms with van der Waals surface area (Å²) < 4.78 is 0. The standard InChI is InChI=1S/C12H23NO3/c1-8-5-6-9(7-10(8)14)13(11(15)16)12(2,3)4/h8-10,14H,5-7H2,1-4H3,(H,15,16)/t8-,9?,10-/m0/s1. The highest BCUT2D eigenvalue weighted by Gasteiger charge is 2.37. The molecule has 0 aromatic rings. The van der Waals surface area contributed by atoms with Crippen LogP contribution in [-0.2, 0) is 0 Å². The molecule has 94 valence electrons. The van der Waals surface area contributed by atoms with E-state index in [1.54, 1.807) is 0 Å². The molecule has 0 saturated heterocycles. The lowest BCUT2D eigenvalue weighted by Crippen LogP contribution is -2.53. The summed E-state index contributed by atoms with van der Waals surface area (Å²) in [7, 11) is 0. The SMILES string of the molecule is C[C@H]1CCC(N(C(=O)O)C(C)(C)C)C[C@@H]1O. The van der Waals surface area contributed by atoms with Crippen molar-refractivity contribution >= 4 is 6.09 Å². The molecule has 1 rings (SSSR count). The second kappa shape index (κ2) is 4.62. The van der Waals surface area contributed by atoms with Crippen LogP contribution < -0.4 is 0 Å². The second-order valence-corrected chi connectivity index (χ2v) is 5.83. The fourth-order valence-corrected chi connectivity index (χ4v) is 2.50. The van der Waals surface area contributed by atoms with Gasteiger partial charge in [0, 0.05) is 11.6 Å². The van der Waals surface area contributed by atoms with Gasteiger partial charge in [-0.3, -0.25) is 0 Å². The molecule has 1 amide bonds. The van der Waals surface area contributed by atoms with Gasteiger partial charge in [-0.1, -0.05) is 6.92 Å². The first-order chi connectivity index (χ1) is 7.23. The average Bonchev–Trinajstić information content (AvgIpc) is 2.08. The Morgan fingerprint density at radius 2 is 1.88 bits per heavy atom. The molecule has 1 saturated carbocycles. The summed E-state index contributed by atoms with van der Waals surface area (Å²) in [6, 6.07) is -0.0521. The number of carbonyl (C=O) groups is 1. The Kier molecular flexibility index (Phi) is 3.84. The van der Waals surface area contributed by atoms with Gasteiger partial charge < -0.3 is 15.1 Å². The lowest BCUT2D eigenvalue weighted by molar-refractivity contribution is 0.00115. The smallest absolute Gasteiger partial charge is 0.407 e. The molecule has 16 heavy (non-hydrogen) atoms. The Labute approximate surface area is 97.3 Å². The van der Waals surface area contributed by atoms with E-state index >= 15 is 0 Å². The van der Waals surface area contributed by atoms with Crippen LogP contribution in [0.25, 0.3) is 0 Å². The number of rotatable bonds is 1. The highest BCUT2D eigenvalue weighted by atomic mass is 16.4. The van der Waals surface area contributed by atoms with E-state index in [-0.39, 0.29) is 18.1 Å². The van der Waals surface area contributed by atoms with Crippen molar-refractivity contribution in [1.29, 1.82) is 0 Å². The van der Waals surface area contributed by atoms with Crippen LogP contribution in [0.1, 0.15) is 47.0 Å². The predicted molar refractivity (Wildman–Crippen MR) is 62.4 cm³/mol. The van der Waals surface area contributed by atoms with Gasteiger partial charge in [0.15, 0.2) is 0 Å². The molecular formula is C12H23NO3. The van der Waals surface area contributed by atoms with Crippen molar-refractivity contribution in [3.8, 4) is 0 Å². The largest absolute Gasteiger partial charge is 0.465 e. The van der Waals surface area contributed by atoms with Crippen molar-refractivity contribution < 1.29 is 15.0 Å². The molecular weight excluding hydrogens is 206 g/mol. The lowest BCUT2D eigenvalue weighted by Gasteiger charge is -2.43. The minimum atomic E-state index is -0.890. The topological polar surface area (TPSA) is 60.8 Å². The summed E-state index contributed by atoms with van der Waals surface area (Å²) >= 11 is 0. The summed E-state index contributed by atoms with van der Waals surface area (Å²) in [6.45, 7) is 7.70. The van der Waals surface area contributed by atoms with Gasteiger partial charge >= 0.3 is 6.09 Å². The van der Waals surface area contributed by atoms with E-state index < -0.39 is 11.6 Å². The number of hydrogen-bond acceptors (Lipinski definition) is 2. The number of amides is 1. The molecule has 1 aliphatic carbocycles. The van der Waals surface area contributed by atoms with Gasteiger partial charge in [0.2, 0.25) is 0 Å². The van der Waals surface area contributed by atoms with Gasteiger partial charge in [0.25, 0.3) is 0 Å².